The Kier molecular flexibility index (Phi) is 2.53. The fraction of sp³-hybridized carbons (Fsp3) is 0.125. The predicted octanol–water partition coefficient (Wildman–Crippen LogP) is 3.96. The maximum Gasteiger partial charge on any atom is 0.191 e. The van der Waals surface area contributed by atoms with Crippen molar-refractivity contribution >= 4 is 33.2 Å². The van der Waals surface area contributed by atoms with E-state index in [0.29, 0.717) is 10.7 Å². The molecule has 0 unspecified atom stereocenters. The Bertz CT molecular complexity index is 328. The van der Waals surface area contributed by atoms with Crippen LogP contribution in [0.4, 0.5) is 5.69 Å². The van der Waals surface area contributed by atoms with E-state index in [0.717, 1.165) is 10.0 Å². The Morgan fingerprint density at radius 2 is 2.18 bits per heavy atom. The molecule has 3 heteroatoms. The van der Waals surface area contributed by atoms with E-state index < -0.39 is 0 Å². The van der Waals surface area contributed by atoms with Crippen LogP contribution in [0.5, 0.6) is 0 Å². The Morgan fingerprint density at radius 1 is 1.55 bits per heavy atom. The molecule has 0 fully saturated rings. The molecule has 11 heavy (non-hydrogen) atoms. The van der Waals surface area contributed by atoms with Gasteiger partial charge in [0.1, 0.15) is 0 Å². The van der Waals surface area contributed by atoms with Crippen LogP contribution in [-0.4, -0.2) is 0 Å². The monoisotopic (exact) mass is 229 g/mol. The normalized spacial score (nSPS) is 9.27. The summed E-state index contributed by atoms with van der Waals surface area (Å²) in [5.74, 6) is 0. The topological polar surface area (TPSA) is 4.36 Å². The highest BCUT2D eigenvalue weighted by Crippen LogP contribution is 2.30. The SMILES string of the molecule is [C-]#[N+]c1cc(Br)c(Cl)cc1C. The van der Waals surface area contributed by atoms with E-state index >= 15 is 0 Å². The Morgan fingerprint density at radius 3 is 2.73 bits per heavy atom. The molecular weight excluding hydrogens is 225 g/mol. The smallest absolute Gasteiger partial charge is 0.191 e. The van der Waals surface area contributed by atoms with Crippen LogP contribution in [0, 0.1) is 13.5 Å². The van der Waals surface area contributed by atoms with Gasteiger partial charge in [-0.25, -0.2) is 4.85 Å². The van der Waals surface area contributed by atoms with Crippen LogP contribution in [0.15, 0.2) is 16.6 Å². The average molecular weight is 230 g/mol. The van der Waals surface area contributed by atoms with Crippen LogP contribution in [0.1, 0.15) is 5.56 Å². The van der Waals surface area contributed by atoms with E-state index in [-0.39, 0.29) is 0 Å². The van der Waals surface area contributed by atoms with Crippen LogP contribution in [-0.2, 0) is 0 Å². The molecule has 0 aliphatic heterocycles. The Balaban J connectivity index is 3.35. The first kappa shape index (κ1) is 8.58. The van der Waals surface area contributed by atoms with Gasteiger partial charge in [-0.2, -0.15) is 0 Å². The zero-order valence-corrected chi connectivity index (χ0v) is 8.20. The number of hydrogen-bond acceptors (Lipinski definition) is 0. The lowest BCUT2D eigenvalue weighted by Gasteiger charge is -1.99. The molecular formula is C8H5BrClN. The molecule has 0 bridgehead atoms. The van der Waals surface area contributed by atoms with Gasteiger partial charge in [-0.3, -0.25) is 0 Å². The molecule has 0 heterocycles. The van der Waals surface area contributed by atoms with Gasteiger partial charge >= 0.3 is 0 Å². The van der Waals surface area contributed by atoms with Gasteiger partial charge in [0.25, 0.3) is 0 Å². The second-order valence-corrected chi connectivity index (χ2v) is 3.43. The van der Waals surface area contributed by atoms with Crippen molar-refractivity contribution in [3.05, 3.63) is 38.6 Å². The molecule has 0 saturated heterocycles. The number of halogens is 2. The largest absolute Gasteiger partial charge is 0.238 e. The van der Waals surface area contributed by atoms with Gasteiger partial charge in [-0.1, -0.05) is 27.5 Å². The van der Waals surface area contributed by atoms with Crippen molar-refractivity contribution in [2.75, 3.05) is 0 Å². The molecule has 1 rings (SSSR count). The standard InChI is InChI=1S/C8H5BrClN/c1-5-3-7(10)6(9)4-8(5)11-2/h3-4H,1H3. The summed E-state index contributed by atoms with van der Waals surface area (Å²) in [6.45, 7) is 8.68. The van der Waals surface area contributed by atoms with Crippen molar-refractivity contribution in [3.8, 4) is 0 Å². The summed E-state index contributed by atoms with van der Waals surface area (Å²) in [5, 5.41) is 0.648. The Labute approximate surface area is 78.9 Å². The number of aryl methyl sites for hydroxylation is 1. The van der Waals surface area contributed by atoms with E-state index in [2.05, 4.69) is 20.8 Å². The summed E-state index contributed by atoms with van der Waals surface area (Å²) in [5.41, 5.74) is 1.55. The number of rotatable bonds is 0. The number of benzene rings is 1. The van der Waals surface area contributed by atoms with Gasteiger partial charge in [0.2, 0.25) is 0 Å². The molecule has 0 saturated carbocycles. The molecule has 1 aromatic rings. The maximum absolute atomic E-state index is 6.81. The van der Waals surface area contributed by atoms with Crippen LogP contribution in [0.2, 0.25) is 5.02 Å². The second kappa shape index (κ2) is 3.25. The molecule has 0 atom stereocenters. The molecule has 0 aliphatic carbocycles. The van der Waals surface area contributed by atoms with Gasteiger partial charge in [-0.15, -0.1) is 0 Å². The quantitative estimate of drug-likeness (QED) is 0.594. The fourth-order valence-corrected chi connectivity index (χ4v) is 1.31. The minimum absolute atomic E-state index is 0.640. The highest BCUT2D eigenvalue weighted by Gasteiger charge is 2.02. The van der Waals surface area contributed by atoms with Crippen molar-refractivity contribution in [2.24, 2.45) is 0 Å². The van der Waals surface area contributed by atoms with E-state index in [9.17, 15) is 0 Å². The lowest BCUT2D eigenvalue weighted by Crippen LogP contribution is -1.74. The third-order valence-corrected chi connectivity index (χ3v) is 2.56. The van der Waals surface area contributed by atoms with E-state index in [1.165, 1.54) is 0 Å². The predicted molar refractivity (Wildman–Crippen MR) is 50.2 cm³/mol. The third-order valence-electron chi connectivity index (χ3n) is 1.36. The summed E-state index contributed by atoms with van der Waals surface area (Å²) in [6, 6.07) is 3.50. The van der Waals surface area contributed by atoms with Crippen LogP contribution in [0.3, 0.4) is 0 Å². The number of hydrogen-bond donors (Lipinski definition) is 0. The minimum atomic E-state index is 0.640. The molecule has 56 valence electrons. The van der Waals surface area contributed by atoms with Crippen LogP contribution < -0.4 is 0 Å². The first-order valence-electron chi connectivity index (χ1n) is 2.98. The zero-order chi connectivity index (χ0) is 8.43. The highest BCUT2D eigenvalue weighted by atomic mass is 79.9. The highest BCUT2D eigenvalue weighted by molar-refractivity contribution is 9.10. The van der Waals surface area contributed by atoms with E-state index in [1.54, 1.807) is 12.1 Å². The molecule has 1 nitrogen and oxygen atoms in total. The fourth-order valence-electron chi connectivity index (χ4n) is 0.756. The third kappa shape index (κ3) is 1.74. The molecule has 0 aliphatic rings. The maximum atomic E-state index is 6.81. The van der Waals surface area contributed by atoms with Crippen molar-refractivity contribution < 1.29 is 0 Å². The molecule has 0 spiro atoms. The van der Waals surface area contributed by atoms with Gasteiger partial charge in [0.05, 0.1) is 11.6 Å². The van der Waals surface area contributed by atoms with Crippen molar-refractivity contribution in [3.63, 3.8) is 0 Å². The molecule has 1 aromatic carbocycles. The van der Waals surface area contributed by atoms with Crippen molar-refractivity contribution in [2.45, 2.75) is 6.92 Å². The van der Waals surface area contributed by atoms with Crippen molar-refractivity contribution in [1.29, 1.82) is 0 Å². The van der Waals surface area contributed by atoms with Gasteiger partial charge in [0, 0.05) is 4.47 Å². The zero-order valence-electron chi connectivity index (χ0n) is 5.86. The van der Waals surface area contributed by atoms with E-state index in [1.807, 2.05) is 6.92 Å². The minimum Gasteiger partial charge on any atom is -0.238 e. The molecule has 0 N–H and O–H groups in total. The van der Waals surface area contributed by atoms with Gasteiger partial charge in [-0.05, 0) is 24.6 Å². The molecule has 0 amide bonds. The lowest BCUT2D eigenvalue weighted by molar-refractivity contribution is 1.47. The first-order chi connectivity index (χ1) is 5.15. The van der Waals surface area contributed by atoms with E-state index in [4.69, 9.17) is 18.2 Å². The summed E-state index contributed by atoms with van der Waals surface area (Å²) in [6.07, 6.45) is 0. The number of nitrogens with zero attached hydrogens (tertiary/aromatic N) is 1. The summed E-state index contributed by atoms with van der Waals surface area (Å²) in [4.78, 5) is 3.33. The van der Waals surface area contributed by atoms with Crippen LogP contribution >= 0.6 is 27.5 Å². The lowest BCUT2D eigenvalue weighted by atomic mass is 10.2. The molecule has 0 aromatic heterocycles. The summed E-state index contributed by atoms with van der Waals surface area (Å²) >= 11 is 9.04. The molecule has 0 radical (unpaired) electrons. The average Bonchev–Trinajstić information content (AvgIpc) is 1.97. The van der Waals surface area contributed by atoms with Gasteiger partial charge < -0.3 is 0 Å². The Hall–Kier alpha value is -0.520. The summed E-state index contributed by atoms with van der Waals surface area (Å²) < 4.78 is 0.774. The first-order valence-corrected chi connectivity index (χ1v) is 4.15. The van der Waals surface area contributed by atoms with Crippen LogP contribution in [0.25, 0.3) is 4.85 Å². The van der Waals surface area contributed by atoms with Crippen molar-refractivity contribution in [1.82, 2.24) is 0 Å². The summed E-state index contributed by atoms with van der Waals surface area (Å²) in [7, 11) is 0. The second-order valence-electron chi connectivity index (χ2n) is 2.16. The van der Waals surface area contributed by atoms with Gasteiger partial charge in [0.15, 0.2) is 5.69 Å².